The fourth-order valence-corrected chi connectivity index (χ4v) is 5.62. The first kappa shape index (κ1) is 20.1. The Morgan fingerprint density at radius 2 is 2.00 bits per heavy atom. The van der Waals surface area contributed by atoms with Crippen molar-refractivity contribution in [1.29, 1.82) is 0 Å². The molecule has 2 saturated heterocycles. The second-order valence-corrected chi connectivity index (χ2v) is 9.72. The second kappa shape index (κ2) is 7.59. The van der Waals surface area contributed by atoms with Gasteiger partial charge in [0.2, 0.25) is 0 Å². The van der Waals surface area contributed by atoms with E-state index in [4.69, 9.17) is 14.7 Å². The van der Waals surface area contributed by atoms with Gasteiger partial charge >= 0.3 is 6.01 Å². The van der Waals surface area contributed by atoms with E-state index in [0.29, 0.717) is 24.0 Å². The molecule has 0 spiro atoms. The highest BCUT2D eigenvalue weighted by Crippen LogP contribution is 2.47. The highest BCUT2D eigenvalue weighted by atomic mass is 19.1. The molecule has 3 fully saturated rings. The molecule has 174 valence electrons. The first-order valence-corrected chi connectivity index (χ1v) is 12.1. The van der Waals surface area contributed by atoms with Crippen LogP contribution < -0.4 is 20.3 Å². The molecule has 2 unspecified atom stereocenters. The van der Waals surface area contributed by atoms with Gasteiger partial charge in [-0.25, -0.2) is 14.4 Å². The molecule has 8 nitrogen and oxygen atoms in total. The Labute approximate surface area is 197 Å². The lowest BCUT2D eigenvalue weighted by Crippen LogP contribution is -2.42. The van der Waals surface area contributed by atoms with Gasteiger partial charge in [0.05, 0.1) is 24.3 Å². The van der Waals surface area contributed by atoms with Gasteiger partial charge in [-0.2, -0.15) is 9.97 Å². The van der Waals surface area contributed by atoms with Gasteiger partial charge in [0.25, 0.3) is 0 Å². The van der Waals surface area contributed by atoms with Gasteiger partial charge in [-0.15, -0.1) is 0 Å². The molecule has 4 heterocycles. The third kappa shape index (κ3) is 3.29. The summed E-state index contributed by atoms with van der Waals surface area (Å²) < 4.78 is 20.6. The van der Waals surface area contributed by atoms with Crippen molar-refractivity contribution in [3.8, 4) is 22.9 Å². The number of nitrogens with zero attached hydrogens (tertiary/aromatic N) is 5. The predicted molar refractivity (Wildman–Crippen MR) is 126 cm³/mol. The van der Waals surface area contributed by atoms with Gasteiger partial charge in [0, 0.05) is 37.2 Å². The number of fused-ring (bicyclic) bond motifs is 5. The molecule has 9 heteroatoms. The number of anilines is 2. The number of hydrogen-bond acceptors (Lipinski definition) is 8. The van der Waals surface area contributed by atoms with Gasteiger partial charge in [0.15, 0.2) is 5.75 Å². The maximum Gasteiger partial charge on any atom is 0.324 e. The summed E-state index contributed by atoms with van der Waals surface area (Å²) >= 11 is 0. The molecule has 0 amide bonds. The number of aromatic nitrogens is 4. The van der Waals surface area contributed by atoms with Crippen molar-refractivity contribution in [2.75, 3.05) is 30.4 Å². The minimum Gasteiger partial charge on any atom is -0.421 e. The molecule has 7 rings (SSSR count). The van der Waals surface area contributed by atoms with Crippen LogP contribution in [0.3, 0.4) is 0 Å². The number of nitrogens with one attached hydrogen (secondary N) is 2. The van der Waals surface area contributed by atoms with Gasteiger partial charge in [0.1, 0.15) is 17.5 Å². The molecular weight excluding hydrogens is 433 g/mol. The summed E-state index contributed by atoms with van der Waals surface area (Å²) in [6.45, 7) is 1.92. The summed E-state index contributed by atoms with van der Waals surface area (Å²) in [5.41, 5.74) is 4.45. The van der Waals surface area contributed by atoms with E-state index in [1.54, 1.807) is 24.5 Å². The van der Waals surface area contributed by atoms with Crippen molar-refractivity contribution in [3.63, 3.8) is 0 Å². The second-order valence-electron chi connectivity index (χ2n) is 9.72. The summed E-state index contributed by atoms with van der Waals surface area (Å²) in [7, 11) is 1.82. The Kier molecular flexibility index (Phi) is 4.48. The molecule has 1 saturated carbocycles. The molecular formula is C25H26FN7O. The monoisotopic (exact) mass is 459 g/mol. The van der Waals surface area contributed by atoms with E-state index in [1.165, 1.54) is 0 Å². The van der Waals surface area contributed by atoms with E-state index in [-0.39, 0.29) is 18.0 Å². The molecule has 0 radical (unpaired) electrons. The maximum atomic E-state index is 14.5. The fourth-order valence-electron chi connectivity index (χ4n) is 5.62. The van der Waals surface area contributed by atoms with Crippen molar-refractivity contribution in [3.05, 3.63) is 47.4 Å². The van der Waals surface area contributed by atoms with Crippen LogP contribution >= 0.6 is 0 Å². The van der Waals surface area contributed by atoms with Crippen LogP contribution in [0.5, 0.6) is 11.8 Å². The third-order valence-corrected chi connectivity index (χ3v) is 7.43. The van der Waals surface area contributed by atoms with Crippen molar-refractivity contribution in [2.45, 2.75) is 44.2 Å². The van der Waals surface area contributed by atoms with Crippen molar-refractivity contribution in [1.82, 2.24) is 25.3 Å². The number of piperidine rings is 1. The van der Waals surface area contributed by atoms with Crippen molar-refractivity contribution >= 4 is 11.5 Å². The minimum atomic E-state index is -0.270. The highest BCUT2D eigenvalue weighted by Gasteiger charge is 2.39. The van der Waals surface area contributed by atoms with E-state index in [9.17, 15) is 4.39 Å². The average molecular weight is 460 g/mol. The Morgan fingerprint density at radius 1 is 1.15 bits per heavy atom. The van der Waals surface area contributed by atoms with Crippen molar-refractivity contribution < 1.29 is 9.13 Å². The molecule has 3 aromatic rings. The number of rotatable bonds is 5. The van der Waals surface area contributed by atoms with E-state index >= 15 is 0 Å². The lowest BCUT2D eigenvalue weighted by molar-refractivity contribution is 0.395. The first-order valence-electron chi connectivity index (χ1n) is 12.1. The number of hydrogen-bond donors (Lipinski definition) is 2. The number of benzene rings is 1. The topological polar surface area (TPSA) is 88.1 Å². The summed E-state index contributed by atoms with van der Waals surface area (Å²) in [5, 5.41) is 6.76. The Balaban J connectivity index is 1.32. The van der Waals surface area contributed by atoms with Gasteiger partial charge in [-0.1, -0.05) is 0 Å². The molecule has 4 aliphatic rings. The predicted octanol–water partition coefficient (Wildman–Crippen LogP) is 3.83. The van der Waals surface area contributed by atoms with Crippen LogP contribution in [0.25, 0.3) is 11.1 Å². The summed E-state index contributed by atoms with van der Waals surface area (Å²) in [5.74, 6) is 3.05. The lowest BCUT2D eigenvalue weighted by Gasteiger charge is -2.28. The zero-order valence-corrected chi connectivity index (χ0v) is 19.0. The van der Waals surface area contributed by atoms with Crippen LogP contribution in [0, 0.1) is 11.7 Å². The summed E-state index contributed by atoms with van der Waals surface area (Å²) in [6.07, 6.45) is 8.76. The largest absolute Gasteiger partial charge is 0.421 e. The molecule has 2 aliphatic heterocycles. The summed E-state index contributed by atoms with van der Waals surface area (Å²) in [4.78, 5) is 20.9. The zero-order valence-electron chi connectivity index (χ0n) is 19.0. The quantitative estimate of drug-likeness (QED) is 0.466. The SMILES string of the molecule is CNc1cc(F)cc2c1Cc1nc(Oc3cnc(C4CC4)nc3)nc(N3CC4CCNC3C4)c1-2. The van der Waals surface area contributed by atoms with Gasteiger partial charge < -0.3 is 15.0 Å². The van der Waals surface area contributed by atoms with E-state index in [0.717, 1.165) is 78.5 Å². The minimum absolute atomic E-state index is 0.216. The molecule has 2 aromatic heterocycles. The Bertz CT molecular complexity index is 1280. The smallest absolute Gasteiger partial charge is 0.324 e. The zero-order chi connectivity index (χ0) is 22.8. The van der Waals surface area contributed by atoms with E-state index < -0.39 is 0 Å². The standard InChI is InChI=1S/C25H26FN7O/c1-27-19-8-15(26)7-18-17(19)9-20-22(18)24(33-12-13-4-5-28-21(33)6-13)32-25(31-20)34-16-10-29-23(30-11-16)14-2-3-14/h7-8,10-11,13-14,21,27-28H,2-6,9,12H2,1H3. The third-order valence-electron chi connectivity index (χ3n) is 7.43. The first-order chi connectivity index (χ1) is 16.7. The highest BCUT2D eigenvalue weighted by molar-refractivity contribution is 5.88. The Morgan fingerprint density at radius 3 is 2.76 bits per heavy atom. The molecule has 2 atom stereocenters. The molecule has 2 aliphatic carbocycles. The fraction of sp³-hybridized carbons (Fsp3) is 0.440. The van der Waals surface area contributed by atoms with E-state index in [2.05, 4.69) is 25.5 Å². The maximum absolute atomic E-state index is 14.5. The average Bonchev–Trinajstić information content (AvgIpc) is 3.57. The van der Waals surface area contributed by atoms with Crippen molar-refractivity contribution in [2.24, 2.45) is 5.92 Å². The summed E-state index contributed by atoms with van der Waals surface area (Å²) in [6, 6.07) is 3.42. The Hall–Kier alpha value is -3.33. The number of halogens is 1. The van der Waals surface area contributed by atoms with Crippen LogP contribution in [0.15, 0.2) is 24.5 Å². The van der Waals surface area contributed by atoms with Crippen LogP contribution in [-0.2, 0) is 6.42 Å². The van der Waals surface area contributed by atoms with Crippen LogP contribution in [-0.4, -0.2) is 46.2 Å². The molecule has 2 bridgehead atoms. The lowest BCUT2D eigenvalue weighted by atomic mass is 10.0. The van der Waals surface area contributed by atoms with Gasteiger partial charge in [-0.3, -0.25) is 5.32 Å². The van der Waals surface area contributed by atoms with Gasteiger partial charge in [-0.05, 0) is 61.4 Å². The van der Waals surface area contributed by atoms with Crippen LogP contribution in [0.1, 0.15) is 48.7 Å². The van der Waals surface area contributed by atoms with Crippen LogP contribution in [0.4, 0.5) is 15.9 Å². The van der Waals surface area contributed by atoms with E-state index in [1.807, 2.05) is 7.05 Å². The molecule has 34 heavy (non-hydrogen) atoms. The van der Waals surface area contributed by atoms with Crippen LogP contribution in [0.2, 0.25) is 0 Å². The molecule has 1 aromatic carbocycles. The number of ether oxygens (including phenoxy) is 1. The normalized spacial score (nSPS) is 22.5. The molecule has 2 N–H and O–H groups in total.